The van der Waals surface area contributed by atoms with Gasteiger partial charge in [0.1, 0.15) is 0 Å². The van der Waals surface area contributed by atoms with Crippen LogP contribution in [0.1, 0.15) is 25.8 Å². The Kier molecular flexibility index (Phi) is 5.04. The van der Waals surface area contributed by atoms with Crippen LogP contribution in [-0.2, 0) is 6.42 Å². The maximum absolute atomic E-state index is 13.7. The molecule has 2 aromatic carbocycles. The van der Waals surface area contributed by atoms with Gasteiger partial charge in [0.2, 0.25) is 0 Å². The fourth-order valence-corrected chi connectivity index (χ4v) is 2.14. The average molecular weight is 288 g/mol. The summed E-state index contributed by atoms with van der Waals surface area (Å²) < 4.78 is 18.9. The summed E-state index contributed by atoms with van der Waals surface area (Å²) >= 11 is 0. The highest BCUT2D eigenvalue weighted by molar-refractivity contribution is 5.74. The molecule has 0 aliphatic heterocycles. The molecule has 0 aliphatic rings. The summed E-state index contributed by atoms with van der Waals surface area (Å²) in [6.07, 6.45) is 2.18. The Morgan fingerprint density at radius 2 is 1.86 bits per heavy atom. The number of ether oxygens (including phenoxy) is 1. The molecule has 0 saturated carbocycles. The molecule has 0 radical (unpaired) electrons. The number of hydrogen-bond donors (Lipinski definition) is 2. The standard InChI is InChI=1S/C17H21FN2O/c1-3-5-12-6-8-13(9-7-12)20-16-11-17(21-4-2)14(18)10-15(16)19/h6-11,20H,3-5,19H2,1-2H3. The Labute approximate surface area is 124 Å². The molecule has 112 valence electrons. The molecule has 0 spiro atoms. The number of halogens is 1. The summed E-state index contributed by atoms with van der Waals surface area (Å²) in [5.74, 6) is -0.241. The van der Waals surface area contributed by atoms with Crippen LogP contribution in [0.4, 0.5) is 21.5 Å². The van der Waals surface area contributed by atoms with E-state index in [1.54, 1.807) is 6.07 Å². The van der Waals surface area contributed by atoms with Crippen molar-refractivity contribution in [2.24, 2.45) is 0 Å². The quantitative estimate of drug-likeness (QED) is 0.769. The molecular formula is C17H21FN2O. The molecule has 2 aromatic rings. The van der Waals surface area contributed by atoms with Gasteiger partial charge in [0.05, 0.1) is 18.0 Å². The lowest BCUT2D eigenvalue weighted by Crippen LogP contribution is -2.01. The topological polar surface area (TPSA) is 47.3 Å². The molecule has 3 N–H and O–H groups in total. The van der Waals surface area contributed by atoms with Crippen LogP contribution in [0.3, 0.4) is 0 Å². The zero-order valence-corrected chi connectivity index (χ0v) is 12.4. The van der Waals surface area contributed by atoms with E-state index in [-0.39, 0.29) is 5.75 Å². The van der Waals surface area contributed by atoms with Crippen molar-refractivity contribution < 1.29 is 9.13 Å². The van der Waals surface area contributed by atoms with Gasteiger partial charge in [-0.15, -0.1) is 0 Å². The van der Waals surface area contributed by atoms with E-state index in [1.165, 1.54) is 11.6 Å². The van der Waals surface area contributed by atoms with Gasteiger partial charge >= 0.3 is 0 Å². The highest BCUT2D eigenvalue weighted by Gasteiger charge is 2.09. The third-order valence-corrected chi connectivity index (χ3v) is 3.18. The van der Waals surface area contributed by atoms with E-state index in [2.05, 4.69) is 24.4 Å². The predicted molar refractivity (Wildman–Crippen MR) is 85.7 cm³/mol. The molecule has 21 heavy (non-hydrogen) atoms. The van der Waals surface area contributed by atoms with Crippen molar-refractivity contribution in [3.63, 3.8) is 0 Å². The summed E-state index contributed by atoms with van der Waals surface area (Å²) in [7, 11) is 0. The molecule has 0 fully saturated rings. The SMILES string of the molecule is CCCc1ccc(Nc2cc(OCC)c(F)cc2N)cc1. The number of nitrogens with one attached hydrogen (secondary N) is 1. The van der Waals surface area contributed by atoms with E-state index in [4.69, 9.17) is 10.5 Å². The Bertz CT molecular complexity index is 596. The Morgan fingerprint density at radius 1 is 1.14 bits per heavy atom. The number of aryl methyl sites for hydroxylation is 1. The summed E-state index contributed by atoms with van der Waals surface area (Å²) in [6, 6.07) is 11.0. The van der Waals surface area contributed by atoms with Crippen LogP contribution in [-0.4, -0.2) is 6.61 Å². The lowest BCUT2D eigenvalue weighted by Gasteiger charge is -2.13. The molecular weight excluding hydrogens is 267 g/mol. The Hall–Kier alpha value is -2.23. The molecule has 0 unspecified atom stereocenters. The van der Waals surface area contributed by atoms with E-state index < -0.39 is 5.82 Å². The van der Waals surface area contributed by atoms with Gasteiger partial charge in [-0.2, -0.15) is 0 Å². The minimum Gasteiger partial charge on any atom is -0.491 e. The summed E-state index contributed by atoms with van der Waals surface area (Å²) in [5.41, 5.74) is 9.06. The van der Waals surface area contributed by atoms with Crippen molar-refractivity contribution in [1.82, 2.24) is 0 Å². The Balaban J connectivity index is 2.20. The number of hydrogen-bond acceptors (Lipinski definition) is 3. The van der Waals surface area contributed by atoms with Gasteiger partial charge in [-0.05, 0) is 31.0 Å². The van der Waals surface area contributed by atoms with Gasteiger partial charge in [-0.25, -0.2) is 4.39 Å². The van der Waals surface area contributed by atoms with Gasteiger partial charge in [-0.3, -0.25) is 0 Å². The number of nitrogen functional groups attached to an aromatic ring is 1. The molecule has 0 aliphatic carbocycles. The fourth-order valence-electron chi connectivity index (χ4n) is 2.14. The molecule has 0 amide bonds. The average Bonchev–Trinajstić information content (AvgIpc) is 2.46. The maximum atomic E-state index is 13.7. The molecule has 0 aromatic heterocycles. The van der Waals surface area contributed by atoms with Crippen molar-refractivity contribution in [1.29, 1.82) is 0 Å². The van der Waals surface area contributed by atoms with Gasteiger partial charge < -0.3 is 15.8 Å². The summed E-state index contributed by atoms with van der Waals surface area (Å²) in [5, 5.41) is 3.20. The van der Waals surface area contributed by atoms with Crippen molar-refractivity contribution in [3.05, 3.63) is 47.8 Å². The first-order valence-electron chi connectivity index (χ1n) is 7.21. The number of nitrogens with two attached hydrogens (primary N) is 1. The van der Waals surface area contributed by atoms with Crippen LogP contribution in [0.15, 0.2) is 36.4 Å². The van der Waals surface area contributed by atoms with Gasteiger partial charge in [0, 0.05) is 17.8 Å². The normalized spacial score (nSPS) is 10.4. The smallest absolute Gasteiger partial charge is 0.167 e. The lowest BCUT2D eigenvalue weighted by molar-refractivity contribution is 0.322. The predicted octanol–water partition coefficient (Wildman–Crippen LogP) is 4.50. The summed E-state index contributed by atoms with van der Waals surface area (Å²) in [4.78, 5) is 0. The van der Waals surface area contributed by atoms with Crippen LogP contribution in [0.5, 0.6) is 5.75 Å². The maximum Gasteiger partial charge on any atom is 0.167 e. The molecule has 0 saturated heterocycles. The zero-order chi connectivity index (χ0) is 15.2. The zero-order valence-electron chi connectivity index (χ0n) is 12.4. The van der Waals surface area contributed by atoms with E-state index in [9.17, 15) is 4.39 Å². The van der Waals surface area contributed by atoms with E-state index in [0.29, 0.717) is 18.0 Å². The van der Waals surface area contributed by atoms with Crippen molar-refractivity contribution >= 4 is 17.1 Å². The lowest BCUT2D eigenvalue weighted by atomic mass is 10.1. The first kappa shape index (κ1) is 15.2. The first-order chi connectivity index (χ1) is 10.1. The minimum absolute atomic E-state index is 0.205. The second kappa shape index (κ2) is 6.97. The van der Waals surface area contributed by atoms with Crippen LogP contribution in [0.2, 0.25) is 0 Å². The number of rotatable bonds is 6. The second-order valence-corrected chi connectivity index (χ2v) is 4.87. The molecule has 4 heteroatoms. The minimum atomic E-state index is -0.446. The van der Waals surface area contributed by atoms with Crippen molar-refractivity contribution in [2.45, 2.75) is 26.7 Å². The molecule has 0 bridgehead atoms. The van der Waals surface area contributed by atoms with Gasteiger partial charge in [0.25, 0.3) is 0 Å². The van der Waals surface area contributed by atoms with Gasteiger partial charge in [-0.1, -0.05) is 25.5 Å². The number of anilines is 3. The third kappa shape index (κ3) is 3.88. The highest BCUT2D eigenvalue weighted by Crippen LogP contribution is 2.30. The van der Waals surface area contributed by atoms with E-state index in [1.807, 2.05) is 19.1 Å². The third-order valence-electron chi connectivity index (χ3n) is 3.18. The van der Waals surface area contributed by atoms with E-state index >= 15 is 0 Å². The molecule has 2 rings (SSSR count). The number of benzene rings is 2. The Morgan fingerprint density at radius 3 is 2.48 bits per heavy atom. The van der Waals surface area contributed by atoms with Crippen molar-refractivity contribution in [2.75, 3.05) is 17.7 Å². The van der Waals surface area contributed by atoms with E-state index in [0.717, 1.165) is 18.5 Å². The first-order valence-corrected chi connectivity index (χ1v) is 7.21. The largest absolute Gasteiger partial charge is 0.491 e. The van der Waals surface area contributed by atoms with Crippen molar-refractivity contribution in [3.8, 4) is 5.75 Å². The van der Waals surface area contributed by atoms with Crippen LogP contribution in [0.25, 0.3) is 0 Å². The monoisotopic (exact) mass is 288 g/mol. The molecule has 0 atom stereocenters. The van der Waals surface area contributed by atoms with Gasteiger partial charge in [0.15, 0.2) is 11.6 Å². The fraction of sp³-hybridized carbons (Fsp3) is 0.294. The van der Waals surface area contributed by atoms with Crippen LogP contribution in [0, 0.1) is 5.82 Å². The highest BCUT2D eigenvalue weighted by atomic mass is 19.1. The molecule has 3 nitrogen and oxygen atoms in total. The molecule has 0 heterocycles. The second-order valence-electron chi connectivity index (χ2n) is 4.87. The van der Waals surface area contributed by atoms with Crippen LogP contribution < -0.4 is 15.8 Å². The summed E-state index contributed by atoms with van der Waals surface area (Å²) in [6.45, 7) is 4.38. The van der Waals surface area contributed by atoms with Crippen LogP contribution >= 0.6 is 0 Å².